The lowest BCUT2D eigenvalue weighted by atomic mass is 10.3. The molecule has 1 saturated carbocycles. The van der Waals surface area contributed by atoms with Gasteiger partial charge in [0.2, 0.25) is 5.91 Å². The number of likely N-dealkylation sites (N-methyl/N-ethyl adjacent to an activating group) is 1. The highest BCUT2D eigenvalue weighted by Crippen LogP contribution is 2.27. The van der Waals surface area contributed by atoms with E-state index < -0.39 is 0 Å². The van der Waals surface area contributed by atoms with E-state index in [1.807, 2.05) is 24.3 Å². The van der Waals surface area contributed by atoms with E-state index in [0.29, 0.717) is 19.7 Å². The molecular weight excluding hydrogens is 304 g/mol. The van der Waals surface area contributed by atoms with E-state index in [0.717, 1.165) is 24.0 Å². The number of ether oxygens (including phenoxy) is 2. The van der Waals surface area contributed by atoms with Gasteiger partial charge in [0, 0.05) is 7.05 Å². The summed E-state index contributed by atoms with van der Waals surface area (Å²) in [5, 5.41) is 3.20. The van der Waals surface area contributed by atoms with Crippen LogP contribution in [-0.2, 0) is 4.79 Å². The summed E-state index contributed by atoms with van der Waals surface area (Å²) in [6, 6.07) is 7.42. The maximum absolute atomic E-state index is 11.9. The summed E-state index contributed by atoms with van der Waals surface area (Å²) in [5.74, 6) is 2.48. The highest BCUT2D eigenvalue weighted by molar-refractivity contribution is 5.85. The minimum Gasteiger partial charge on any atom is -0.497 e. The molecule has 124 valence electrons. The molecule has 1 aliphatic carbocycles. The molecule has 2 rings (SSSR count). The van der Waals surface area contributed by atoms with Crippen molar-refractivity contribution >= 4 is 18.3 Å². The van der Waals surface area contributed by atoms with Gasteiger partial charge in [-0.2, -0.15) is 0 Å². The van der Waals surface area contributed by atoms with Crippen molar-refractivity contribution in [2.45, 2.75) is 12.8 Å². The molecule has 0 radical (unpaired) electrons. The summed E-state index contributed by atoms with van der Waals surface area (Å²) in [5.41, 5.74) is 0. The molecule has 1 aromatic carbocycles. The van der Waals surface area contributed by atoms with E-state index in [9.17, 15) is 4.79 Å². The van der Waals surface area contributed by atoms with Gasteiger partial charge in [-0.05, 0) is 49.6 Å². The first-order chi connectivity index (χ1) is 10.2. The van der Waals surface area contributed by atoms with E-state index in [2.05, 4.69) is 5.32 Å². The van der Waals surface area contributed by atoms with Crippen LogP contribution in [0.3, 0.4) is 0 Å². The number of rotatable bonds is 9. The summed E-state index contributed by atoms with van der Waals surface area (Å²) in [4.78, 5) is 13.6. The SMILES string of the molecule is COc1ccc(OCCN(C)C(=O)CNCC2CC2)cc1.Cl. The van der Waals surface area contributed by atoms with Crippen molar-refractivity contribution in [2.75, 3.05) is 40.4 Å². The Bertz CT molecular complexity index is 449. The maximum Gasteiger partial charge on any atom is 0.236 e. The molecule has 5 nitrogen and oxygen atoms in total. The highest BCUT2D eigenvalue weighted by atomic mass is 35.5. The predicted octanol–water partition coefficient (Wildman–Crippen LogP) is 1.95. The number of hydrogen-bond acceptors (Lipinski definition) is 4. The Morgan fingerprint density at radius 2 is 1.91 bits per heavy atom. The van der Waals surface area contributed by atoms with E-state index in [1.165, 1.54) is 12.8 Å². The molecule has 0 unspecified atom stereocenters. The minimum absolute atomic E-state index is 0. The number of carbonyl (C=O) groups excluding carboxylic acids is 1. The number of nitrogens with one attached hydrogen (secondary N) is 1. The average Bonchev–Trinajstić information content (AvgIpc) is 3.32. The van der Waals surface area contributed by atoms with Crippen LogP contribution < -0.4 is 14.8 Å². The van der Waals surface area contributed by atoms with Crippen LogP contribution in [0.25, 0.3) is 0 Å². The lowest BCUT2D eigenvalue weighted by Gasteiger charge is -2.18. The van der Waals surface area contributed by atoms with E-state index >= 15 is 0 Å². The number of carbonyl (C=O) groups is 1. The van der Waals surface area contributed by atoms with Gasteiger partial charge in [0.15, 0.2) is 0 Å². The van der Waals surface area contributed by atoms with E-state index in [4.69, 9.17) is 9.47 Å². The third-order valence-electron chi connectivity index (χ3n) is 3.59. The van der Waals surface area contributed by atoms with Gasteiger partial charge in [-0.25, -0.2) is 0 Å². The molecule has 1 fully saturated rings. The normalized spacial score (nSPS) is 13.2. The first-order valence-corrected chi connectivity index (χ1v) is 7.40. The van der Waals surface area contributed by atoms with Crippen LogP contribution in [0.15, 0.2) is 24.3 Å². The van der Waals surface area contributed by atoms with Crippen molar-refractivity contribution in [3.8, 4) is 11.5 Å². The molecule has 0 heterocycles. The molecule has 6 heteroatoms. The van der Waals surface area contributed by atoms with Gasteiger partial charge in [0.25, 0.3) is 0 Å². The smallest absolute Gasteiger partial charge is 0.236 e. The molecule has 1 amide bonds. The number of nitrogens with zero attached hydrogens (tertiary/aromatic N) is 1. The Labute approximate surface area is 138 Å². The Morgan fingerprint density at radius 1 is 1.27 bits per heavy atom. The lowest BCUT2D eigenvalue weighted by Crippen LogP contribution is -2.38. The Balaban J connectivity index is 0.00000242. The monoisotopic (exact) mass is 328 g/mol. The predicted molar refractivity (Wildman–Crippen MR) is 89.0 cm³/mol. The van der Waals surface area contributed by atoms with Crippen LogP contribution in [0.5, 0.6) is 11.5 Å². The standard InChI is InChI=1S/C16H24N2O3.ClH/c1-18(16(19)12-17-11-13-3-4-13)9-10-21-15-7-5-14(20-2)6-8-15;/h5-8,13,17H,3-4,9-12H2,1-2H3;1H. The van der Waals surface area contributed by atoms with Crippen molar-refractivity contribution < 1.29 is 14.3 Å². The third kappa shape index (κ3) is 6.54. The second-order valence-electron chi connectivity index (χ2n) is 5.41. The fourth-order valence-electron chi connectivity index (χ4n) is 1.94. The molecule has 0 aliphatic heterocycles. The van der Waals surface area contributed by atoms with Crippen LogP contribution >= 0.6 is 12.4 Å². The van der Waals surface area contributed by atoms with Gasteiger partial charge < -0.3 is 19.7 Å². The minimum atomic E-state index is 0. The van der Waals surface area contributed by atoms with Crippen LogP contribution in [0.1, 0.15) is 12.8 Å². The Morgan fingerprint density at radius 3 is 2.50 bits per heavy atom. The maximum atomic E-state index is 11.9. The topological polar surface area (TPSA) is 50.8 Å². The summed E-state index contributed by atoms with van der Waals surface area (Å²) < 4.78 is 10.7. The molecule has 0 bridgehead atoms. The molecule has 0 aromatic heterocycles. The average molecular weight is 329 g/mol. The number of hydrogen-bond donors (Lipinski definition) is 1. The Hall–Kier alpha value is -1.46. The number of methoxy groups -OCH3 is 1. The first-order valence-electron chi connectivity index (χ1n) is 7.40. The van der Waals surface area contributed by atoms with Crippen molar-refractivity contribution in [1.82, 2.24) is 10.2 Å². The quantitative estimate of drug-likeness (QED) is 0.753. The zero-order chi connectivity index (χ0) is 15.1. The van der Waals surface area contributed by atoms with E-state index in [1.54, 1.807) is 19.1 Å². The number of benzene rings is 1. The second kappa shape index (κ2) is 9.54. The highest BCUT2D eigenvalue weighted by Gasteiger charge is 2.20. The summed E-state index contributed by atoms with van der Waals surface area (Å²) in [6.07, 6.45) is 2.60. The van der Waals surface area contributed by atoms with Crippen LogP contribution in [-0.4, -0.2) is 51.2 Å². The van der Waals surface area contributed by atoms with Crippen molar-refractivity contribution in [3.63, 3.8) is 0 Å². The molecule has 1 aliphatic rings. The molecule has 0 atom stereocenters. The Kier molecular flexibility index (Phi) is 8.06. The number of halogens is 1. The van der Waals surface area contributed by atoms with Crippen molar-refractivity contribution in [1.29, 1.82) is 0 Å². The zero-order valence-electron chi connectivity index (χ0n) is 13.2. The van der Waals surface area contributed by atoms with Gasteiger partial charge in [-0.15, -0.1) is 12.4 Å². The summed E-state index contributed by atoms with van der Waals surface area (Å²) in [6.45, 7) is 2.44. The van der Waals surface area contributed by atoms with Crippen molar-refractivity contribution in [2.24, 2.45) is 5.92 Å². The van der Waals surface area contributed by atoms with Crippen LogP contribution in [0.4, 0.5) is 0 Å². The summed E-state index contributed by atoms with van der Waals surface area (Å²) in [7, 11) is 3.44. The molecule has 0 saturated heterocycles. The molecule has 22 heavy (non-hydrogen) atoms. The first kappa shape index (κ1) is 18.6. The summed E-state index contributed by atoms with van der Waals surface area (Å²) >= 11 is 0. The van der Waals surface area contributed by atoms with Gasteiger partial charge >= 0.3 is 0 Å². The van der Waals surface area contributed by atoms with Gasteiger partial charge in [0.1, 0.15) is 18.1 Å². The largest absolute Gasteiger partial charge is 0.497 e. The molecule has 1 aromatic rings. The van der Waals surface area contributed by atoms with Gasteiger partial charge in [-0.3, -0.25) is 4.79 Å². The van der Waals surface area contributed by atoms with Crippen LogP contribution in [0, 0.1) is 5.92 Å². The fourth-order valence-corrected chi connectivity index (χ4v) is 1.94. The number of amides is 1. The second-order valence-corrected chi connectivity index (χ2v) is 5.41. The zero-order valence-corrected chi connectivity index (χ0v) is 14.0. The molecular formula is C16H25ClN2O3. The van der Waals surface area contributed by atoms with Crippen LogP contribution in [0.2, 0.25) is 0 Å². The van der Waals surface area contributed by atoms with Gasteiger partial charge in [0.05, 0.1) is 20.2 Å². The van der Waals surface area contributed by atoms with Gasteiger partial charge in [-0.1, -0.05) is 0 Å². The third-order valence-corrected chi connectivity index (χ3v) is 3.59. The van der Waals surface area contributed by atoms with Crippen molar-refractivity contribution in [3.05, 3.63) is 24.3 Å². The molecule has 1 N–H and O–H groups in total. The molecule has 0 spiro atoms. The fraction of sp³-hybridized carbons (Fsp3) is 0.562. The lowest BCUT2D eigenvalue weighted by molar-refractivity contribution is -0.129. The van der Waals surface area contributed by atoms with E-state index in [-0.39, 0.29) is 18.3 Å².